The molecule has 1 atom stereocenters. The van der Waals surface area contributed by atoms with Crippen LogP contribution in [-0.4, -0.2) is 0 Å². The third-order valence-corrected chi connectivity index (χ3v) is 4.51. The summed E-state index contributed by atoms with van der Waals surface area (Å²) in [5, 5.41) is 0. The summed E-state index contributed by atoms with van der Waals surface area (Å²) in [6.45, 7) is 0. The van der Waals surface area contributed by atoms with Crippen LogP contribution in [0.3, 0.4) is 0 Å². The van der Waals surface area contributed by atoms with E-state index in [0.717, 1.165) is 12.3 Å². The third kappa shape index (κ3) is 3.10. The van der Waals surface area contributed by atoms with Gasteiger partial charge in [0.2, 0.25) is 0 Å². The fraction of sp³-hybridized carbons (Fsp3) is 0.368. The second-order valence-corrected chi connectivity index (χ2v) is 5.98. The third-order valence-electron chi connectivity index (χ3n) is 4.51. The molecule has 0 aromatic heterocycles. The average Bonchev–Trinajstić information content (AvgIpc) is 3.01. The van der Waals surface area contributed by atoms with E-state index in [9.17, 15) is 0 Å². The van der Waals surface area contributed by atoms with Crippen LogP contribution in [0.5, 0.6) is 0 Å². The number of nitrogens with two attached hydrogens (primary N) is 1. The molecule has 1 unspecified atom stereocenters. The van der Waals surface area contributed by atoms with E-state index >= 15 is 0 Å². The van der Waals surface area contributed by atoms with Crippen LogP contribution in [0.25, 0.3) is 11.1 Å². The monoisotopic (exact) mass is 265 g/mol. The molecule has 3 rings (SSSR count). The Bertz CT molecular complexity index is 523. The molecule has 2 N–H and O–H groups in total. The van der Waals surface area contributed by atoms with Crippen molar-refractivity contribution < 1.29 is 0 Å². The van der Waals surface area contributed by atoms with Gasteiger partial charge in [0.1, 0.15) is 0 Å². The van der Waals surface area contributed by atoms with Gasteiger partial charge in [0, 0.05) is 6.04 Å². The SMILES string of the molecule is NC(CC1CCCC1)c1ccc(-c2ccccc2)cc1. The van der Waals surface area contributed by atoms with Crippen LogP contribution in [-0.2, 0) is 0 Å². The molecule has 1 heteroatoms. The zero-order chi connectivity index (χ0) is 13.8. The fourth-order valence-corrected chi connectivity index (χ4v) is 3.29. The van der Waals surface area contributed by atoms with E-state index in [1.165, 1.54) is 42.4 Å². The molecule has 0 spiro atoms. The van der Waals surface area contributed by atoms with E-state index in [1.54, 1.807) is 0 Å². The first-order valence-corrected chi connectivity index (χ1v) is 7.74. The topological polar surface area (TPSA) is 26.0 Å². The average molecular weight is 265 g/mol. The lowest BCUT2D eigenvalue weighted by atomic mass is 9.93. The lowest BCUT2D eigenvalue weighted by molar-refractivity contribution is 0.451. The van der Waals surface area contributed by atoms with Crippen molar-refractivity contribution in [2.24, 2.45) is 11.7 Å². The quantitative estimate of drug-likeness (QED) is 0.833. The van der Waals surface area contributed by atoms with E-state index in [-0.39, 0.29) is 6.04 Å². The van der Waals surface area contributed by atoms with Crippen molar-refractivity contribution in [3.8, 4) is 11.1 Å². The molecule has 104 valence electrons. The smallest absolute Gasteiger partial charge is 0.0297 e. The maximum Gasteiger partial charge on any atom is 0.0297 e. The van der Waals surface area contributed by atoms with Gasteiger partial charge in [-0.25, -0.2) is 0 Å². The largest absolute Gasteiger partial charge is 0.324 e. The van der Waals surface area contributed by atoms with E-state index in [1.807, 2.05) is 0 Å². The van der Waals surface area contributed by atoms with Crippen molar-refractivity contribution in [2.45, 2.75) is 38.1 Å². The number of hydrogen-bond acceptors (Lipinski definition) is 1. The van der Waals surface area contributed by atoms with Gasteiger partial charge in [-0.3, -0.25) is 0 Å². The van der Waals surface area contributed by atoms with Crippen molar-refractivity contribution in [3.05, 3.63) is 60.2 Å². The van der Waals surface area contributed by atoms with Crippen LogP contribution in [0.15, 0.2) is 54.6 Å². The van der Waals surface area contributed by atoms with Gasteiger partial charge in [-0.1, -0.05) is 80.3 Å². The van der Waals surface area contributed by atoms with E-state index in [0.29, 0.717) is 0 Å². The van der Waals surface area contributed by atoms with E-state index < -0.39 is 0 Å². The van der Waals surface area contributed by atoms with Gasteiger partial charge in [0.15, 0.2) is 0 Å². The number of hydrogen-bond donors (Lipinski definition) is 1. The molecule has 2 aromatic rings. The molecule has 20 heavy (non-hydrogen) atoms. The highest BCUT2D eigenvalue weighted by Gasteiger charge is 2.18. The number of rotatable bonds is 4. The zero-order valence-electron chi connectivity index (χ0n) is 12.0. The molecule has 2 aromatic carbocycles. The van der Waals surface area contributed by atoms with Gasteiger partial charge in [0.25, 0.3) is 0 Å². The maximum atomic E-state index is 6.36. The molecular weight excluding hydrogens is 242 g/mol. The van der Waals surface area contributed by atoms with Crippen LogP contribution in [0.4, 0.5) is 0 Å². The van der Waals surface area contributed by atoms with Gasteiger partial charge >= 0.3 is 0 Å². The van der Waals surface area contributed by atoms with Gasteiger partial charge in [-0.05, 0) is 29.0 Å². The highest BCUT2D eigenvalue weighted by Crippen LogP contribution is 2.32. The molecule has 0 saturated heterocycles. The van der Waals surface area contributed by atoms with E-state index in [4.69, 9.17) is 5.73 Å². The first-order valence-electron chi connectivity index (χ1n) is 7.74. The summed E-state index contributed by atoms with van der Waals surface area (Å²) in [5.74, 6) is 0.846. The summed E-state index contributed by atoms with van der Waals surface area (Å²) in [6.07, 6.45) is 6.67. The lowest BCUT2D eigenvalue weighted by Gasteiger charge is -2.17. The Morgan fingerprint density at radius 1 is 0.850 bits per heavy atom. The molecule has 1 aliphatic carbocycles. The summed E-state index contributed by atoms with van der Waals surface area (Å²) in [7, 11) is 0. The van der Waals surface area contributed by atoms with Gasteiger partial charge in [0.05, 0.1) is 0 Å². The minimum absolute atomic E-state index is 0.197. The fourth-order valence-electron chi connectivity index (χ4n) is 3.29. The molecule has 1 aliphatic rings. The Kier molecular flexibility index (Phi) is 4.17. The van der Waals surface area contributed by atoms with Crippen molar-refractivity contribution in [1.29, 1.82) is 0 Å². The molecule has 0 heterocycles. The summed E-state index contributed by atoms with van der Waals surface area (Å²) in [4.78, 5) is 0. The molecule has 0 aliphatic heterocycles. The van der Waals surface area contributed by atoms with Crippen molar-refractivity contribution in [1.82, 2.24) is 0 Å². The summed E-state index contributed by atoms with van der Waals surface area (Å²) >= 11 is 0. The molecule has 0 amide bonds. The Hall–Kier alpha value is -1.60. The predicted octanol–water partition coefficient (Wildman–Crippen LogP) is 4.93. The normalized spacial score (nSPS) is 17.2. The second kappa shape index (κ2) is 6.23. The molecule has 0 bridgehead atoms. The Balaban J connectivity index is 1.69. The minimum Gasteiger partial charge on any atom is -0.324 e. The van der Waals surface area contributed by atoms with Crippen molar-refractivity contribution in [3.63, 3.8) is 0 Å². The van der Waals surface area contributed by atoms with Crippen LogP contribution >= 0.6 is 0 Å². The highest BCUT2D eigenvalue weighted by molar-refractivity contribution is 5.63. The molecule has 1 nitrogen and oxygen atoms in total. The zero-order valence-corrected chi connectivity index (χ0v) is 12.0. The van der Waals surface area contributed by atoms with Crippen LogP contribution in [0.2, 0.25) is 0 Å². The molecule has 0 radical (unpaired) electrons. The summed E-state index contributed by atoms with van der Waals surface area (Å²) in [5.41, 5.74) is 10.2. The summed E-state index contributed by atoms with van der Waals surface area (Å²) < 4.78 is 0. The first-order chi connectivity index (χ1) is 9.83. The van der Waals surface area contributed by atoms with Gasteiger partial charge in [-0.2, -0.15) is 0 Å². The Labute approximate surface area is 121 Å². The van der Waals surface area contributed by atoms with E-state index in [2.05, 4.69) is 54.6 Å². The van der Waals surface area contributed by atoms with Crippen LogP contribution in [0, 0.1) is 5.92 Å². The molecule has 1 fully saturated rings. The minimum atomic E-state index is 0.197. The standard InChI is InChI=1S/C19H23N/c20-19(14-15-6-4-5-7-15)18-12-10-17(11-13-18)16-8-2-1-3-9-16/h1-3,8-13,15,19H,4-7,14,20H2. The van der Waals surface area contributed by atoms with Gasteiger partial charge < -0.3 is 5.73 Å². The lowest BCUT2D eigenvalue weighted by Crippen LogP contribution is -2.14. The predicted molar refractivity (Wildman–Crippen MR) is 85.4 cm³/mol. The van der Waals surface area contributed by atoms with Crippen LogP contribution < -0.4 is 5.73 Å². The van der Waals surface area contributed by atoms with Crippen LogP contribution in [0.1, 0.15) is 43.7 Å². The maximum absolute atomic E-state index is 6.36. The number of benzene rings is 2. The first kappa shape index (κ1) is 13.4. The summed E-state index contributed by atoms with van der Waals surface area (Å²) in [6, 6.07) is 19.5. The van der Waals surface area contributed by atoms with Gasteiger partial charge in [-0.15, -0.1) is 0 Å². The van der Waals surface area contributed by atoms with Crippen molar-refractivity contribution in [2.75, 3.05) is 0 Å². The second-order valence-electron chi connectivity index (χ2n) is 5.98. The molecular formula is C19H23N. The Morgan fingerprint density at radius 3 is 2.10 bits per heavy atom. The van der Waals surface area contributed by atoms with Crippen molar-refractivity contribution >= 4 is 0 Å². The highest BCUT2D eigenvalue weighted by atomic mass is 14.6. The Morgan fingerprint density at radius 2 is 1.45 bits per heavy atom. The molecule has 1 saturated carbocycles.